The minimum absolute atomic E-state index is 0.0631. The van der Waals surface area contributed by atoms with Crippen LogP contribution in [0.1, 0.15) is 27.7 Å². The quantitative estimate of drug-likeness (QED) is 0.593. The summed E-state index contributed by atoms with van der Waals surface area (Å²) in [5.41, 5.74) is 0.691. The number of rotatable bonds is 8. The summed E-state index contributed by atoms with van der Waals surface area (Å²) in [6.45, 7) is 7.64. The van der Waals surface area contributed by atoms with Crippen LogP contribution in [0, 0.1) is 0 Å². The van der Waals surface area contributed by atoms with E-state index in [2.05, 4.69) is 10.6 Å². The Balaban J connectivity index is 1.80. The van der Waals surface area contributed by atoms with Crippen LogP contribution in [0.25, 0.3) is 0 Å². The monoisotopic (exact) mass is 443 g/mol. The molecule has 2 N–H and O–H groups in total. The first-order chi connectivity index (χ1) is 13.6. The fourth-order valence-corrected chi connectivity index (χ4v) is 5.40. The smallest absolute Gasteiger partial charge is 0.233 e. The Kier molecular flexibility index (Phi) is 8.50. The Morgan fingerprint density at radius 1 is 1.21 bits per heavy atom. The molecule has 1 heterocycles. The molecule has 0 unspecified atom stereocenters. The Hall–Kier alpha value is -1.62. The zero-order valence-electron chi connectivity index (χ0n) is 17.2. The van der Waals surface area contributed by atoms with Gasteiger partial charge in [0, 0.05) is 37.1 Å². The minimum atomic E-state index is -3.45. The number of nitrogens with one attached hydrogen (secondary N) is 2. The summed E-state index contributed by atoms with van der Waals surface area (Å²) in [5, 5.41) is 5.01. The van der Waals surface area contributed by atoms with Crippen LogP contribution in [0.4, 0.5) is 5.69 Å². The molecular weight excluding hydrogens is 414 g/mol. The van der Waals surface area contributed by atoms with Gasteiger partial charge in [-0.2, -0.15) is 4.31 Å². The summed E-state index contributed by atoms with van der Waals surface area (Å²) in [4.78, 5) is 24.2. The minimum Gasteiger partial charge on any atom is -0.373 e. The zero-order chi connectivity index (χ0) is 21.6. The molecule has 8 nitrogen and oxygen atoms in total. The van der Waals surface area contributed by atoms with Gasteiger partial charge < -0.3 is 15.4 Å². The number of anilines is 1. The van der Waals surface area contributed by atoms with Crippen LogP contribution in [0.15, 0.2) is 29.2 Å². The highest BCUT2D eigenvalue weighted by Gasteiger charge is 2.30. The second-order valence-electron chi connectivity index (χ2n) is 7.15. The van der Waals surface area contributed by atoms with E-state index in [-0.39, 0.29) is 41.6 Å². The SMILES string of the molecule is CC(=O)Nc1ccc(S[C@H](C)C(=O)NCCS(=O)(=O)N2C[C@@H](C)O[C@H](C)C2)cc1. The lowest BCUT2D eigenvalue weighted by Crippen LogP contribution is -2.49. The van der Waals surface area contributed by atoms with Gasteiger partial charge >= 0.3 is 0 Å². The Labute approximate surface area is 176 Å². The second-order valence-corrected chi connectivity index (χ2v) is 10.6. The fourth-order valence-electron chi connectivity index (χ4n) is 3.01. The molecule has 162 valence electrons. The molecule has 0 aromatic heterocycles. The lowest BCUT2D eigenvalue weighted by Gasteiger charge is -2.34. The van der Waals surface area contributed by atoms with E-state index in [0.29, 0.717) is 18.8 Å². The number of carbonyl (C=O) groups is 2. The highest BCUT2D eigenvalue weighted by Crippen LogP contribution is 2.24. The predicted molar refractivity (Wildman–Crippen MR) is 114 cm³/mol. The molecule has 1 aromatic carbocycles. The lowest BCUT2D eigenvalue weighted by atomic mass is 10.3. The van der Waals surface area contributed by atoms with Crippen molar-refractivity contribution in [2.45, 2.75) is 50.0 Å². The van der Waals surface area contributed by atoms with Crippen LogP contribution in [-0.4, -0.2) is 67.4 Å². The molecule has 2 rings (SSSR count). The van der Waals surface area contributed by atoms with E-state index in [9.17, 15) is 18.0 Å². The molecule has 3 atom stereocenters. The van der Waals surface area contributed by atoms with Crippen LogP contribution in [0.2, 0.25) is 0 Å². The molecule has 1 aromatic rings. The molecule has 10 heteroatoms. The van der Waals surface area contributed by atoms with Crippen LogP contribution < -0.4 is 10.6 Å². The number of sulfonamides is 1. The summed E-state index contributed by atoms with van der Waals surface area (Å²) < 4.78 is 32.0. The van der Waals surface area contributed by atoms with Crippen molar-refractivity contribution in [1.29, 1.82) is 0 Å². The molecule has 1 aliphatic rings. The lowest BCUT2D eigenvalue weighted by molar-refractivity contribution is -0.120. The van der Waals surface area contributed by atoms with Crippen molar-refractivity contribution in [2.24, 2.45) is 0 Å². The highest BCUT2D eigenvalue weighted by atomic mass is 32.2. The maximum Gasteiger partial charge on any atom is 0.233 e. The van der Waals surface area contributed by atoms with Crippen molar-refractivity contribution in [1.82, 2.24) is 9.62 Å². The third kappa shape index (κ3) is 7.61. The standard InChI is InChI=1S/C19H29N3O5S2/c1-13-11-22(12-14(2)27-13)29(25,26)10-9-20-19(24)15(3)28-18-7-5-17(6-8-18)21-16(4)23/h5-8,13-15H,9-12H2,1-4H3,(H,20,24)(H,21,23)/t13-,14-,15-/m1/s1. The highest BCUT2D eigenvalue weighted by molar-refractivity contribution is 8.00. The van der Waals surface area contributed by atoms with E-state index in [4.69, 9.17) is 4.74 Å². The molecule has 2 amide bonds. The number of carbonyl (C=O) groups excluding carboxylic acids is 2. The third-order valence-corrected chi connectivity index (χ3v) is 7.21. The van der Waals surface area contributed by atoms with Gasteiger partial charge in [-0.15, -0.1) is 11.8 Å². The van der Waals surface area contributed by atoms with Gasteiger partial charge in [-0.3, -0.25) is 9.59 Å². The summed E-state index contributed by atoms with van der Waals surface area (Å²) in [6, 6.07) is 7.19. The Morgan fingerprint density at radius 2 is 1.79 bits per heavy atom. The topological polar surface area (TPSA) is 105 Å². The number of amides is 2. The third-order valence-electron chi connectivity index (χ3n) is 4.30. The van der Waals surface area contributed by atoms with Crippen LogP contribution in [0.3, 0.4) is 0 Å². The van der Waals surface area contributed by atoms with Gasteiger partial charge in [-0.25, -0.2) is 8.42 Å². The normalized spacial score (nSPS) is 21.4. The van der Waals surface area contributed by atoms with E-state index >= 15 is 0 Å². The number of hydrogen-bond acceptors (Lipinski definition) is 6. The first-order valence-electron chi connectivity index (χ1n) is 9.52. The molecule has 0 bridgehead atoms. The molecule has 0 saturated carbocycles. The average Bonchev–Trinajstić information content (AvgIpc) is 2.61. The summed E-state index contributed by atoms with van der Waals surface area (Å²) in [7, 11) is -3.45. The van der Waals surface area contributed by atoms with Crippen molar-refractivity contribution < 1.29 is 22.7 Å². The van der Waals surface area contributed by atoms with Gasteiger partial charge in [0.1, 0.15) is 0 Å². The number of ether oxygens (including phenoxy) is 1. The molecule has 1 fully saturated rings. The van der Waals surface area contributed by atoms with E-state index in [1.807, 2.05) is 26.0 Å². The largest absolute Gasteiger partial charge is 0.373 e. The number of nitrogens with zero attached hydrogens (tertiary/aromatic N) is 1. The molecule has 0 radical (unpaired) electrons. The fraction of sp³-hybridized carbons (Fsp3) is 0.579. The van der Waals surface area contributed by atoms with E-state index < -0.39 is 10.0 Å². The zero-order valence-corrected chi connectivity index (χ0v) is 18.8. The average molecular weight is 444 g/mol. The first kappa shape index (κ1) is 23.7. The molecule has 29 heavy (non-hydrogen) atoms. The predicted octanol–water partition coefficient (Wildman–Crippen LogP) is 1.68. The summed E-state index contributed by atoms with van der Waals surface area (Å²) >= 11 is 1.36. The molecular formula is C19H29N3O5S2. The van der Waals surface area contributed by atoms with Crippen molar-refractivity contribution in [2.75, 3.05) is 30.7 Å². The summed E-state index contributed by atoms with van der Waals surface area (Å²) in [6.07, 6.45) is -0.284. The number of thioether (sulfide) groups is 1. The molecule has 0 aliphatic carbocycles. The van der Waals surface area contributed by atoms with E-state index in [1.54, 1.807) is 19.1 Å². The number of benzene rings is 1. The Morgan fingerprint density at radius 3 is 2.34 bits per heavy atom. The van der Waals surface area contributed by atoms with Gasteiger partial charge in [0.25, 0.3) is 0 Å². The van der Waals surface area contributed by atoms with Crippen LogP contribution in [0.5, 0.6) is 0 Å². The second kappa shape index (κ2) is 10.4. The van der Waals surface area contributed by atoms with Crippen molar-refractivity contribution >= 4 is 39.3 Å². The molecule has 1 saturated heterocycles. The van der Waals surface area contributed by atoms with E-state index in [1.165, 1.54) is 23.0 Å². The van der Waals surface area contributed by atoms with Gasteiger partial charge in [-0.05, 0) is 45.0 Å². The number of hydrogen-bond donors (Lipinski definition) is 2. The van der Waals surface area contributed by atoms with Crippen LogP contribution >= 0.6 is 11.8 Å². The Bertz CT molecular complexity index is 804. The van der Waals surface area contributed by atoms with Crippen LogP contribution in [-0.2, 0) is 24.3 Å². The van der Waals surface area contributed by atoms with Gasteiger partial charge in [0.15, 0.2) is 0 Å². The van der Waals surface area contributed by atoms with E-state index in [0.717, 1.165) is 4.90 Å². The van der Waals surface area contributed by atoms with Gasteiger partial charge in [0.05, 0.1) is 23.2 Å². The van der Waals surface area contributed by atoms with Gasteiger partial charge in [-0.1, -0.05) is 0 Å². The van der Waals surface area contributed by atoms with Crippen molar-refractivity contribution in [3.63, 3.8) is 0 Å². The summed E-state index contributed by atoms with van der Waals surface area (Å²) in [5.74, 6) is -0.505. The van der Waals surface area contributed by atoms with Crippen molar-refractivity contribution in [3.8, 4) is 0 Å². The van der Waals surface area contributed by atoms with Gasteiger partial charge in [0.2, 0.25) is 21.8 Å². The first-order valence-corrected chi connectivity index (χ1v) is 12.0. The van der Waals surface area contributed by atoms with Crippen molar-refractivity contribution in [3.05, 3.63) is 24.3 Å². The molecule has 0 spiro atoms. The number of morpholine rings is 1. The molecule has 1 aliphatic heterocycles. The maximum atomic E-state index is 12.5. The maximum absolute atomic E-state index is 12.5.